The Morgan fingerprint density at radius 2 is 1.95 bits per heavy atom. The van der Waals surface area contributed by atoms with Crippen molar-refractivity contribution in [3.8, 4) is 0 Å². The number of hydrogen-bond donors (Lipinski definition) is 1. The van der Waals surface area contributed by atoms with E-state index in [0.717, 1.165) is 0 Å². The fourth-order valence-electron chi connectivity index (χ4n) is 1.87. The van der Waals surface area contributed by atoms with Gasteiger partial charge in [0.1, 0.15) is 5.82 Å². The number of esters is 1. The molecule has 0 amide bonds. The van der Waals surface area contributed by atoms with Crippen molar-refractivity contribution in [2.75, 3.05) is 7.11 Å². The molecule has 0 aromatic heterocycles. The Bertz CT molecular complexity index is 520. The van der Waals surface area contributed by atoms with Crippen molar-refractivity contribution in [3.05, 3.63) is 34.6 Å². The minimum absolute atomic E-state index is 0.121. The normalized spacial score (nSPS) is 11.2. The highest BCUT2D eigenvalue weighted by Crippen LogP contribution is 2.30. The van der Waals surface area contributed by atoms with Gasteiger partial charge in [0, 0.05) is 5.41 Å². The number of benzene rings is 1. The van der Waals surface area contributed by atoms with E-state index in [0.29, 0.717) is 5.56 Å². The Balaban J connectivity index is 3.34. The van der Waals surface area contributed by atoms with Crippen molar-refractivity contribution < 1.29 is 23.8 Å². The molecule has 0 fully saturated rings. The molecule has 1 rings (SSSR count). The molecule has 0 atom stereocenters. The summed E-state index contributed by atoms with van der Waals surface area (Å²) in [6, 6.07) is 2.76. The van der Waals surface area contributed by atoms with Gasteiger partial charge in [-0.1, -0.05) is 13.8 Å². The number of ether oxygens (including phenoxy) is 1. The number of carbonyl (C=O) groups excluding carboxylic acids is 1. The van der Waals surface area contributed by atoms with E-state index in [-0.39, 0.29) is 17.5 Å². The first-order valence-corrected chi connectivity index (χ1v) is 5.80. The largest absolute Gasteiger partial charge is 0.481 e. The van der Waals surface area contributed by atoms with Crippen LogP contribution in [0, 0.1) is 12.7 Å². The summed E-state index contributed by atoms with van der Waals surface area (Å²) in [6.45, 7) is 4.86. The topological polar surface area (TPSA) is 63.6 Å². The van der Waals surface area contributed by atoms with E-state index in [4.69, 9.17) is 5.11 Å². The van der Waals surface area contributed by atoms with Crippen LogP contribution in [0.25, 0.3) is 0 Å². The summed E-state index contributed by atoms with van der Waals surface area (Å²) in [5.74, 6) is -2.16. The second kappa shape index (κ2) is 5.38. The lowest BCUT2D eigenvalue weighted by atomic mass is 9.80. The quantitative estimate of drug-likeness (QED) is 0.853. The van der Waals surface area contributed by atoms with Gasteiger partial charge >= 0.3 is 11.9 Å². The van der Waals surface area contributed by atoms with Gasteiger partial charge in [0.25, 0.3) is 0 Å². The maximum atomic E-state index is 13.8. The highest BCUT2D eigenvalue weighted by molar-refractivity contribution is 5.91. The van der Waals surface area contributed by atoms with Crippen LogP contribution < -0.4 is 0 Å². The molecule has 4 nitrogen and oxygen atoms in total. The van der Waals surface area contributed by atoms with Crippen LogP contribution in [-0.2, 0) is 14.9 Å². The summed E-state index contributed by atoms with van der Waals surface area (Å²) in [5.41, 5.74) is -0.000502. The number of carboxylic acid groups (broad SMARTS) is 1. The number of carbonyl (C=O) groups is 2. The van der Waals surface area contributed by atoms with Gasteiger partial charge in [0.15, 0.2) is 0 Å². The summed E-state index contributed by atoms with van der Waals surface area (Å²) in [6.07, 6.45) is -0.157. The molecule has 0 saturated carbocycles. The second-order valence-corrected chi connectivity index (χ2v) is 5.08. The molecule has 0 aliphatic carbocycles. The highest BCUT2D eigenvalue weighted by Gasteiger charge is 2.27. The Kier molecular flexibility index (Phi) is 4.29. The predicted molar refractivity (Wildman–Crippen MR) is 67.8 cm³/mol. The van der Waals surface area contributed by atoms with Gasteiger partial charge in [-0.05, 0) is 30.2 Å². The van der Waals surface area contributed by atoms with Crippen LogP contribution >= 0.6 is 0 Å². The summed E-state index contributed by atoms with van der Waals surface area (Å²) in [4.78, 5) is 22.4. The molecule has 0 unspecified atom stereocenters. The second-order valence-electron chi connectivity index (χ2n) is 5.08. The molecule has 0 aliphatic rings. The molecule has 5 heteroatoms. The molecule has 0 saturated heterocycles. The van der Waals surface area contributed by atoms with Crippen molar-refractivity contribution in [2.45, 2.75) is 32.6 Å². The van der Waals surface area contributed by atoms with E-state index in [1.807, 2.05) is 0 Å². The third kappa shape index (κ3) is 3.30. The van der Waals surface area contributed by atoms with E-state index in [2.05, 4.69) is 4.74 Å². The SMILES string of the molecule is COC(=O)c1cc(C(C)(C)CC(=O)O)cc(F)c1C. The molecular formula is C14H17FO4. The van der Waals surface area contributed by atoms with Crippen LogP contribution in [0.3, 0.4) is 0 Å². The lowest BCUT2D eigenvalue weighted by molar-refractivity contribution is -0.138. The van der Waals surface area contributed by atoms with Crippen LogP contribution in [-0.4, -0.2) is 24.2 Å². The molecular weight excluding hydrogens is 251 g/mol. The van der Waals surface area contributed by atoms with Crippen LogP contribution in [0.5, 0.6) is 0 Å². The smallest absolute Gasteiger partial charge is 0.338 e. The summed E-state index contributed by atoms with van der Waals surface area (Å²) in [5, 5.41) is 8.87. The number of halogens is 1. The van der Waals surface area contributed by atoms with Crippen LogP contribution in [0.2, 0.25) is 0 Å². The monoisotopic (exact) mass is 268 g/mol. The fourth-order valence-corrected chi connectivity index (χ4v) is 1.87. The number of methoxy groups -OCH3 is 1. The average Bonchev–Trinajstić information content (AvgIpc) is 2.29. The molecule has 0 radical (unpaired) electrons. The first-order chi connectivity index (χ1) is 8.69. The van der Waals surface area contributed by atoms with Crippen molar-refractivity contribution in [1.29, 1.82) is 0 Å². The van der Waals surface area contributed by atoms with E-state index in [1.165, 1.54) is 26.2 Å². The van der Waals surface area contributed by atoms with Gasteiger partial charge in [0.05, 0.1) is 19.1 Å². The maximum Gasteiger partial charge on any atom is 0.338 e. The summed E-state index contributed by atoms with van der Waals surface area (Å²) < 4.78 is 18.4. The van der Waals surface area contributed by atoms with E-state index in [1.54, 1.807) is 13.8 Å². The number of rotatable bonds is 4. The van der Waals surface area contributed by atoms with Gasteiger partial charge in [-0.25, -0.2) is 9.18 Å². The van der Waals surface area contributed by atoms with Crippen LogP contribution in [0.4, 0.5) is 4.39 Å². The predicted octanol–water partition coefficient (Wildman–Crippen LogP) is 2.67. The van der Waals surface area contributed by atoms with Crippen LogP contribution in [0.1, 0.15) is 41.8 Å². The molecule has 1 aromatic rings. The first kappa shape index (κ1) is 15.1. The van der Waals surface area contributed by atoms with Crippen molar-refractivity contribution in [1.82, 2.24) is 0 Å². The standard InChI is InChI=1S/C14H17FO4/c1-8-10(13(18)19-4)5-9(6-11(8)15)14(2,3)7-12(16)17/h5-6H,7H2,1-4H3,(H,16,17). The van der Waals surface area contributed by atoms with Gasteiger partial charge in [-0.15, -0.1) is 0 Å². The van der Waals surface area contributed by atoms with E-state index < -0.39 is 23.2 Å². The summed E-state index contributed by atoms with van der Waals surface area (Å²) >= 11 is 0. The third-order valence-electron chi connectivity index (χ3n) is 3.12. The highest BCUT2D eigenvalue weighted by atomic mass is 19.1. The fraction of sp³-hybridized carbons (Fsp3) is 0.429. The van der Waals surface area contributed by atoms with Gasteiger partial charge < -0.3 is 9.84 Å². The van der Waals surface area contributed by atoms with E-state index in [9.17, 15) is 14.0 Å². The zero-order chi connectivity index (χ0) is 14.8. The lowest BCUT2D eigenvalue weighted by Crippen LogP contribution is -2.23. The first-order valence-electron chi connectivity index (χ1n) is 5.80. The molecule has 104 valence electrons. The van der Waals surface area contributed by atoms with Crippen molar-refractivity contribution in [3.63, 3.8) is 0 Å². The molecule has 0 spiro atoms. The molecule has 1 aromatic carbocycles. The van der Waals surface area contributed by atoms with Gasteiger partial charge in [0.2, 0.25) is 0 Å². The number of aliphatic carboxylic acids is 1. The zero-order valence-corrected chi connectivity index (χ0v) is 11.4. The number of carboxylic acids is 1. The van der Waals surface area contributed by atoms with E-state index >= 15 is 0 Å². The molecule has 1 N–H and O–H groups in total. The van der Waals surface area contributed by atoms with Gasteiger partial charge in [-0.3, -0.25) is 4.79 Å². The molecule has 0 heterocycles. The van der Waals surface area contributed by atoms with Crippen molar-refractivity contribution in [2.24, 2.45) is 0 Å². The Labute approximate surface area is 111 Å². The molecule has 0 aliphatic heterocycles. The summed E-state index contributed by atoms with van der Waals surface area (Å²) in [7, 11) is 1.22. The third-order valence-corrected chi connectivity index (χ3v) is 3.12. The Morgan fingerprint density at radius 1 is 1.37 bits per heavy atom. The minimum atomic E-state index is -0.981. The van der Waals surface area contributed by atoms with Crippen molar-refractivity contribution >= 4 is 11.9 Å². The molecule has 19 heavy (non-hydrogen) atoms. The maximum absolute atomic E-state index is 13.8. The average molecular weight is 268 g/mol. The Morgan fingerprint density at radius 3 is 2.42 bits per heavy atom. The zero-order valence-electron chi connectivity index (χ0n) is 11.4. The number of hydrogen-bond acceptors (Lipinski definition) is 3. The van der Waals surface area contributed by atoms with Crippen LogP contribution in [0.15, 0.2) is 12.1 Å². The minimum Gasteiger partial charge on any atom is -0.481 e. The lowest BCUT2D eigenvalue weighted by Gasteiger charge is -2.24. The molecule has 0 bridgehead atoms. The Hall–Kier alpha value is -1.91. The van der Waals surface area contributed by atoms with Gasteiger partial charge in [-0.2, -0.15) is 0 Å².